The minimum Gasteiger partial charge on any atom is -0.484 e. The number of rotatable bonds is 4. The summed E-state index contributed by atoms with van der Waals surface area (Å²) in [6, 6.07) is 9.33. The van der Waals surface area contributed by atoms with Crippen LogP contribution in [0.3, 0.4) is 0 Å². The van der Waals surface area contributed by atoms with Gasteiger partial charge < -0.3 is 19.9 Å². The number of carbonyl (C=O) groups excluding carboxylic acids is 2. The van der Waals surface area contributed by atoms with Crippen molar-refractivity contribution >= 4 is 24.2 Å². The van der Waals surface area contributed by atoms with Gasteiger partial charge in [0.25, 0.3) is 5.91 Å². The van der Waals surface area contributed by atoms with Crippen molar-refractivity contribution in [1.82, 2.24) is 15.1 Å². The summed E-state index contributed by atoms with van der Waals surface area (Å²) >= 11 is 0. The highest BCUT2D eigenvalue weighted by molar-refractivity contribution is 5.85. The summed E-state index contributed by atoms with van der Waals surface area (Å²) in [4.78, 5) is 28.7. The second-order valence-corrected chi connectivity index (χ2v) is 6.36. The van der Waals surface area contributed by atoms with Gasteiger partial charge in [0, 0.05) is 39.3 Å². The molecule has 25 heavy (non-hydrogen) atoms. The minimum atomic E-state index is -0.0717. The molecular formula is C18H26ClN3O3. The fourth-order valence-electron chi connectivity index (χ4n) is 3.30. The van der Waals surface area contributed by atoms with E-state index in [-0.39, 0.29) is 36.7 Å². The Kier molecular flexibility index (Phi) is 7.52. The van der Waals surface area contributed by atoms with Gasteiger partial charge in [0.1, 0.15) is 5.75 Å². The number of nitrogens with zero attached hydrogens (tertiary/aromatic N) is 2. The van der Waals surface area contributed by atoms with E-state index in [0.29, 0.717) is 18.8 Å². The van der Waals surface area contributed by atoms with Crippen LogP contribution in [-0.2, 0) is 9.59 Å². The van der Waals surface area contributed by atoms with E-state index >= 15 is 0 Å². The second kappa shape index (κ2) is 9.63. The van der Waals surface area contributed by atoms with Crippen LogP contribution in [0, 0.1) is 5.92 Å². The molecule has 1 unspecified atom stereocenters. The lowest BCUT2D eigenvalue weighted by Gasteiger charge is -2.36. The van der Waals surface area contributed by atoms with Gasteiger partial charge in [-0.05, 0) is 25.0 Å². The fraction of sp³-hybridized carbons (Fsp3) is 0.556. The van der Waals surface area contributed by atoms with E-state index in [1.165, 1.54) is 0 Å². The van der Waals surface area contributed by atoms with Gasteiger partial charge in [-0.25, -0.2) is 0 Å². The first-order chi connectivity index (χ1) is 11.7. The van der Waals surface area contributed by atoms with Crippen LogP contribution in [0.1, 0.15) is 12.8 Å². The first kappa shape index (κ1) is 19.5. The normalized spacial score (nSPS) is 20.6. The van der Waals surface area contributed by atoms with Gasteiger partial charge in [0.2, 0.25) is 5.91 Å². The summed E-state index contributed by atoms with van der Waals surface area (Å²) in [6.45, 7) is 4.49. The molecule has 0 aliphatic carbocycles. The summed E-state index contributed by atoms with van der Waals surface area (Å²) in [5, 5.41) is 3.26. The summed E-state index contributed by atoms with van der Waals surface area (Å²) in [6.07, 6.45) is 1.74. The highest BCUT2D eigenvalue weighted by Gasteiger charge is 2.31. The number of amides is 2. The standard InChI is InChI=1S/C18H25N3O3.ClH/c22-17(14-24-16-6-2-1-3-7-16)21-10-4-5-15(13-21)18(23)20-11-8-19-9-12-20;/h1-3,6-7,15,19H,4-5,8-14H2;1H. The van der Waals surface area contributed by atoms with Crippen LogP contribution in [0.15, 0.2) is 30.3 Å². The first-order valence-corrected chi connectivity index (χ1v) is 8.69. The Hall–Kier alpha value is -1.79. The Morgan fingerprint density at radius 2 is 1.80 bits per heavy atom. The quantitative estimate of drug-likeness (QED) is 0.867. The van der Waals surface area contributed by atoms with Crippen molar-refractivity contribution in [3.63, 3.8) is 0 Å². The molecule has 1 N–H and O–H groups in total. The zero-order chi connectivity index (χ0) is 16.8. The third-order valence-electron chi connectivity index (χ3n) is 4.66. The molecule has 0 spiro atoms. The number of carbonyl (C=O) groups is 2. The van der Waals surface area contributed by atoms with Crippen molar-refractivity contribution < 1.29 is 14.3 Å². The predicted octanol–water partition coefficient (Wildman–Crippen LogP) is 1.16. The molecule has 7 heteroatoms. The highest BCUT2D eigenvalue weighted by Crippen LogP contribution is 2.19. The number of benzene rings is 1. The van der Waals surface area contributed by atoms with E-state index < -0.39 is 0 Å². The Balaban J connectivity index is 0.00000225. The Labute approximate surface area is 154 Å². The molecule has 0 aromatic heterocycles. The Morgan fingerprint density at radius 3 is 2.52 bits per heavy atom. The van der Waals surface area contributed by atoms with Crippen LogP contribution in [0.25, 0.3) is 0 Å². The van der Waals surface area contributed by atoms with E-state index in [4.69, 9.17) is 4.74 Å². The third kappa shape index (κ3) is 5.34. The van der Waals surface area contributed by atoms with Crippen molar-refractivity contribution in [2.24, 2.45) is 5.92 Å². The number of ether oxygens (including phenoxy) is 1. The minimum absolute atomic E-state index is 0. The third-order valence-corrected chi connectivity index (χ3v) is 4.66. The molecule has 3 rings (SSSR count). The molecule has 2 saturated heterocycles. The van der Waals surface area contributed by atoms with Gasteiger partial charge >= 0.3 is 0 Å². The maximum atomic E-state index is 12.6. The molecule has 2 aliphatic heterocycles. The molecule has 0 radical (unpaired) electrons. The Morgan fingerprint density at radius 1 is 1.08 bits per heavy atom. The van der Waals surface area contributed by atoms with Crippen LogP contribution in [0.4, 0.5) is 0 Å². The number of para-hydroxylation sites is 1. The largest absolute Gasteiger partial charge is 0.484 e. The second-order valence-electron chi connectivity index (χ2n) is 6.36. The number of piperidine rings is 1. The van der Waals surface area contributed by atoms with Gasteiger partial charge in [-0.2, -0.15) is 0 Å². The summed E-state index contributed by atoms with van der Waals surface area (Å²) in [7, 11) is 0. The molecule has 0 saturated carbocycles. The van der Waals surface area contributed by atoms with Crippen molar-refractivity contribution in [3.8, 4) is 5.75 Å². The number of piperazine rings is 1. The molecule has 0 bridgehead atoms. The van der Waals surface area contributed by atoms with E-state index in [1.54, 1.807) is 4.90 Å². The summed E-state index contributed by atoms with van der Waals surface area (Å²) in [5.74, 6) is 0.767. The summed E-state index contributed by atoms with van der Waals surface area (Å²) in [5.41, 5.74) is 0. The van der Waals surface area contributed by atoms with Crippen molar-refractivity contribution in [3.05, 3.63) is 30.3 Å². The smallest absolute Gasteiger partial charge is 0.260 e. The molecule has 2 heterocycles. The zero-order valence-electron chi connectivity index (χ0n) is 14.4. The van der Waals surface area contributed by atoms with Gasteiger partial charge in [0.05, 0.1) is 5.92 Å². The zero-order valence-corrected chi connectivity index (χ0v) is 15.2. The Bertz CT molecular complexity index is 564. The topological polar surface area (TPSA) is 61.9 Å². The maximum Gasteiger partial charge on any atom is 0.260 e. The predicted molar refractivity (Wildman–Crippen MR) is 97.9 cm³/mol. The molecule has 1 aromatic rings. The van der Waals surface area contributed by atoms with Crippen LogP contribution < -0.4 is 10.1 Å². The number of halogens is 1. The lowest BCUT2D eigenvalue weighted by molar-refractivity contribution is -0.142. The van der Waals surface area contributed by atoms with Crippen molar-refractivity contribution in [2.75, 3.05) is 45.9 Å². The highest BCUT2D eigenvalue weighted by atomic mass is 35.5. The van der Waals surface area contributed by atoms with Gasteiger partial charge in [-0.1, -0.05) is 18.2 Å². The average Bonchev–Trinajstić information content (AvgIpc) is 2.67. The lowest BCUT2D eigenvalue weighted by Crippen LogP contribution is -2.52. The monoisotopic (exact) mass is 367 g/mol. The number of nitrogens with one attached hydrogen (secondary N) is 1. The molecule has 1 atom stereocenters. The first-order valence-electron chi connectivity index (χ1n) is 8.69. The van der Waals surface area contributed by atoms with Crippen LogP contribution in [0.2, 0.25) is 0 Å². The molecule has 1 aromatic carbocycles. The van der Waals surface area contributed by atoms with Crippen molar-refractivity contribution in [2.45, 2.75) is 12.8 Å². The van der Waals surface area contributed by atoms with E-state index in [9.17, 15) is 9.59 Å². The lowest BCUT2D eigenvalue weighted by atomic mass is 9.96. The number of hydrogen-bond acceptors (Lipinski definition) is 4. The molecule has 2 aliphatic rings. The number of likely N-dealkylation sites (tertiary alicyclic amines) is 1. The molecular weight excluding hydrogens is 342 g/mol. The van der Waals surface area contributed by atoms with Crippen LogP contribution in [0.5, 0.6) is 5.75 Å². The molecule has 6 nitrogen and oxygen atoms in total. The van der Waals surface area contributed by atoms with Crippen LogP contribution >= 0.6 is 12.4 Å². The average molecular weight is 368 g/mol. The van der Waals surface area contributed by atoms with Gasteiger partial charge in [0.15, 0.2) is 6.61 Å². The van der Waals surface area contributed by atoms with E-state index in [0.717, 1.165) is 39.0 Å². The van der Waals surface area contributed by atoms with E-state index in [2.05, 4.69) is 5.32 Å². The van der Waals surface area contributed by atoms with Crippen LogP contribution in [-0.4, -0.2) is 67.5 Å². The molecule has 2 amide bonds. The van der Waals surface area contributed by atoms with E-state index in [1.807, 2.05) is 35.2 Å². The maximum absolute atomic E-state index is 12.6. The number of hydrogen-bond donors (Lipinski definition) is 1. The van der Waals surface area contributed by atoms with Gasteiger partial charge in [-0.15, -0.1) is 12.4 Å². The molecule has 2 fully saturated rings. The molecule has 138 valence electrons. The summed E-state index contributed by atoms with van der Waals surface area (Å²) < 4.78 is 5.54. The van der Waals surface area contributed by atoms with Crippen molar-refractivity contribution in [1.29, 1.82) is 0 Å². The SMILES string of the molecule is Cl.O=C(COc1ccccc1)N1CCCC(C(=O)N2CCNCC2)C1. The van der Waals surface area contributed by atoms with Gasteiger partial charge in [-0.3, -0.25) is 9.59 Å². The fourth-order valence-corrected chi connectivity index (χ4v) is 3.30.